The number of amides is 2. The van der Waals surface area contributed by atoms with Crippen LogP contribution >= 0.6 is 21.6 Å². The van der Waals surface area contributed by atoms with Crippen molar-refractivity contribution < 1.29 is 29.4 Å². The Morgan fingerprint density at radius 1 is 0.684 bits per heavy atom. The van der Waals surface area contributed by atoms with Crippen molar-refractivity contribution in [1.29, 1.82) is 0 Å². The van der Waals surface area contributed by atoms with Gasteiger partial charge in [0.05, 0.1) is 24.0 Å². The Morgan fingerprint density at radius 2 is 1.05 bits per heavy atom. The Kier molecular flexibility index (Phi) is 13.8. The minimum atomic E-state index is -0.959. The summed E-state index contributed by atoms with van der Waals surface area (Å²) in [6, 6.07) is 13.2. The summed E-state index contributed by atoms with van der Waals surface area (Å²) in [6.45, 7) is 4.02. The second-order valence-electron chi connectivity index (χ2n) is 8.98. The van der Waals surface area contributed by atoms with E-state index in [0.717, 1.165) is 25.7 Å². The Bertz CT molecular complexity index is 1010. The van der Waals surface area contributed by atoms with E-state index < -0.39 is 24.0 Å². The lowest BCUT2D eigenvalue weighted by Gasteiger charge is -2.18. The molecule has 0 fully saturated rings. The van der Waals surface area contributed by atoms with Crippen molar-refractivity contribution in [3.63, 3.8) is 0 Å². The first-order valence-corrected chi connectivity index (χ1v) is 15.0. The van der Waals surface area contributed by atoms with Crippen LogP contribution in [0.25, 0.3) is 0 Å². The second-order valence-corrected chi connectivity index (χ2v) is 11.2. The standard InChI is InChI=1S/C28H36N2O6S2/c1-3-5-11-19(17-25(31)32)29-27(35)21-13-7-9-15-23(21)37-38-24-16-10-8-14-22(24)28(36)30-20(12-6-4-2)18-26(33)34/h7-10,13-16,19-20H,3-6,11-12,17-18H2,1-2H3,(H,29,35)(H,30,36)(H,31,32)(H,33,34)/t19-,20-/m0/s1. The molecule has 38 heavy (non-hydrogen) atoms. The first-order chi connectivity index (χ1) is 18.2. The summed E-state index contributed by atoms with van der Waals surface area (Å²) in [4.78, 5) is 50.0. The van der Waals surface area contributed by atoms with Crippen molar-refractivity contribution in [2.24, 2.45) is 0 Å². The predicted octanol–water partition coefficient (Wildman–Crippen LogP) is 6.01. The Morgan fingerprint density at radius 3 is 1.39 bits per heavy atom. The zero-order valence-electron chi connectivity index (χ0n) is 21.8. The molecule has 0 spiro atoms. The molecule has 2 aromatic rings. The number of benzene rings is 2. The van der Waals surface area contributed by atoms with Crippen molar-refractivity contribution in [1.82, 2.24) is 10.6 Å². The van der Waals surface area contributed by atoms with Crippen LogP contribution in [0.2, 0.25) is 0 Å². The number of carboxylic acid groups (broad SMARTS) is 2. The van der Waals surface area contributed by atoms with Crippen molar-refractivity contribution in [2.45, 2.75) is 87.1 Å². The monoisotopic (exact) mass is 560 g/mol. The van der Waals surface area contributed by atoms with Gasteiger partial charge in [0.25, 0.3) is 11.8 Å². The highest BCUT2D eigenvalue weighted by molar-refractivity contribution is 8.76. The molecule has 0 heterocycles. The minimum Gasteiger partial charge on any atom is -0.481 e. The molecule has 0 saturated heterocycles. The molecule has 2 amide bonds. The van der Waals surface area contributed by atoms with E-state index in [0.29, 0.717) is 33.8 Å². The number of hydrogen-bond acceptors (Lipinski definition) is 6. The first kappa shape index (κ1) is 31.2. The number of carbonyl (C=O) groups is 4. The van der Waals surface area contributed by atoms with Gasteiger partial charge >= 0.3 is 11.9 Å². The van der Waals surface area contributed by atoms with Crippen molar-refractivity contribution in [2.75, 3.05) is 0 Å². The molecular weight excluding hydrogens is 524 g/mol. The lowest BCUT2D eigenvalue weighted by Crippen LogP contribution is -2.36. The largest absolute Gasteiger partial charge is 0.481 e. The highest BCUT2D eigenvalue weighted by Gasteiger charge is 2.21. The second kappa shape index (κ2) is 16.8. The zero-order valence-corrected chi connectivity index (χ0v) is 23.4. The summed E-state index contributed by atoms with van der Waals surface area (Å²) >= 11 is 0. The predicted molar refractivity (Wildman–Crippen MR) is 151 cm³/mol. The third-order valence-corrected chi connectivity index (χ3v) is 8.29. The molecule has 0 bridgehead atoms. The fourth-order valence-electron chi connectivity index (χ4n) is 3.84. The first-order valence-electron chi connectivity index (χ1n) is 12.8. The van der Waals surface area contributed by atoms with Gasteiger partial charge in [0.1, 0.15) is 0 Å². The quantitative estimate of drug-likeness (QED) is 0.173. The van der Waals surface area contributed by atoms with E-state index in [-0.39, 0.29) is 24.7 Å². The zero-order chi connectivity index (χ0) is 27.9. The summed E-state index contributed by atoms with van der Waals surface area (Å²) in [6.07, 6.45) is 4.32. The maximum atomic E-state index is 13.1. The van der Waals surface area contributed by atoms with Crippen LogP contribution in [0.4, 0.5) is 0 Å². The van der Waals surface area contributed by atoms with E-state index in [9.17, 15) is 29.4 Å². The van der Waals surface area contributed by atoms with Crippen molar-refractivity contribution in [3.8, 4) is 0 Å². The van der Waals surface area contributed by atoms with Crippen molar-refractivity contribution >= 4 is 45.3 Å². The number of hydrogen-bond donors (Lipinski definition) is 4. The van der Waals surface area contributed by atoms with Crippen LogP contribution in [-0.2, 0) is 9.59 Å². The van der Waals surface area contributed by atoms with Crippen LogP contribution in [0.15, 0.2) is 58.3 Å². The molecule has 10 heteroatoms. The molecule has 2 atom stereocenters. The summed E-state index contributed by atoms with van der Waals surface area (Å²) in [5.74, 6) is -2.59. The molecule has 2 rings (SSSR count). The van der Waals surface area contributed by atoms with Gasteiger partial charge in [-0.1, -0.05) is 85.4 Å². The minimum absolute atomic E-state index is 0.139. The SMILES string of the molecule is CCCC[C@@H](CC(=O)O)NC(=O)c1ccccc1SSc1ccccc1C(=O)N[C@@H](CCCC)CC(=O)O. The van der Waals surface area contributed by atoms with Gasteiger partial charge in [0.2, 0.25) is 0 Å². The van der Waals surface area contributed by atoms with Gasteiger partial charge < -0.3 is 20.8 Å². The lowest BCUT2D eigenvalue weighted by molar-refractivity contribution is -0.138. The Balaban J connectivity index is 2.15. The number of carbonyl (C=O) groups excluding carboxylic acids is 2. The van der Waals surface area contributed by atoms with E-state index in [1.165, 1.54) is 21.6 Å². The van der Waals surface area contributed by atoms with E-state index in [1.54, 1.807) is 36.4 Å². The third kappa shape index (κ3) is 10.8. The molecule has 0 aliphatic carbocycles. The molecule has 0 aliphatic heterocycles. The van der Waals surface area contributed by atoms with Gasteiger partial charge in [-0.2, -0.15) is 0 Å². The van der Waals surface area contributed by atoms with Crippen LogP contribution in [0.3, 0.4) is 0 Å². The van der Waals surface area contributed by atoms with E-state index in [1.807, 2.05) is 26.0 Å². The normalized spacial score (nSPS) is 12.4. The number of aliphatic carboxylic acids is 2. The molecule has 2 aromatic carbocycles. The van der Waals surface area contributed by atoms with Crippen LogP contribution < -0.4 is 10.6 Å². The number of unbranched alkanes of at least 4 members (excludes halogenated alkanes) is 2. The Labute approximate surface area is 231 Å². The highest BCUT2D eigenvalue weighted by atomic mass is 33.1. The maximum Gasteiger partial charge on any atom is 0.305 e. The molecule has 0 radical (unpaired) electrons. The lowest BCUT2D eigenvalue weighted by atomic mass is 10.1. The van der Waals surface area contributed by atoms with Gasteiger partial charge in [-0.25, -0.2) is 0 Å². The van der Waals surface area contributed by atoms with Gasteiger partial charge in [-0.15, -0.1) is 0 Å². The van der Waals surface area contributed by atoms with E-state index >= 15 is 0 Å². The van der Waals surface area contributed by atoms with Crippen LogP contribution in [-0.4, -0.2) is 46.0 Å². The summed E-state index contributed by atoms with van der Waals surface area (Å²) in [5, 5.41) is 24.2. The number of rotatable bonds is 17. The van der Waals surface area contributed by atoms with Crippen molar-refractivity contribution in [3.05, 3.63) is 59.7 Å². The van der Waals surface area contributed by atoms with Gasteiger partial charge in [-0.05, 0) is 37.1 Å². The molecule has 8 nitrogen and oxygen atoms in total. The average Bonchev–Trinajstić information content (AvgIpc) is 2.88. The van der Waals surface area contributed by atoms with Crippen LogP contribution in [0, 0.1) is 0 Å². The summed E-state index contributed by atoms with van der Waals surface area (Å²) in [5.41, 5.74) is 0.861. The van der Waals surface area contributed by atoms with E-state index in [2.05, 4.69) is 10.6 Å². The maximum absolute atomic E-state index is 13.1. The summed E-state index contributed by atoms with van der Waals surface area (Å²) in [7, 11) is 2.66. The van der Waals surface area contributed by atoms with Crippen LogP contribution in [0.5, 0.6) is 0 Å². The molecule has 0 aliphatic rings. The van der Waals surface area contributed by atoms with Gasteiger partial charge in [0.15, 0.2) is 0 Å². The Hall–Kier alpha value is -2.98. The van der Waals surface area contributed by atoms with Gasteiger partial charge in [0, 0.05) is 21.9 Å². The molecular formula is C28H36N2O6S2. The summed E-state index contributed by atoms with van der Waals surface area (Å²) < 4.78 is 0. The highest BCUT2D eigenvalue weighted by Crippen LogP contribution is 2.40. The fourth-order valence-corrected chi connectivity index (χ4v) is 6.20. The van der Waals surface area contributed by atoms with Crippen LogP contribution in [0.1, 0.15) is 85.9 Å². The fraction of sp³-hybridized carbons (Fsp3) is 0.429. The molecule has 206 valence electrons. The molecule has 0 aromatic heterocycles. The number of carboxylic acids is 2. The van der Waals surface area contributed by atoms with Gasteiger partial charge in [-0.3, -0.25) is 19.2 Å². The molecule has 0 saturated carbocycles. The average molecular weight is 561 g/mol. The topological polar surface area (TPSA) is 133 Å². The third-order valence-electron chi connectivity index (χ3n) is 5.81. The van der Waals surface area contributed by atoms with E-state index in [4.69, 9.17) is 0 Å². The molecule has 4 N–H and O–H groups in total. The molecule has 0 unspecified atom stereocenters. The number of nitrogens with one attached hydrogen (secondary N) is 2. The smallest absolute Gasteiger partial charge is 0.305 e.